The number of hydrogen-bond acceptors (Lipinski definition) is 1. The average Bonchev–Trinajstić information content (AvgIpc) is 2.66. The fourth-order valence-electron chi connectivity index (χ4n) is 4.66. The Hall–Kier alpha value is -0.560. The van der Waals surface area contributed by atoms with Gasteiger partial charge in [0.15, 0.2) is 0 Å². The van der Waals surface area contributed by atoms with Gasteiger partial charge < -0.3 is 4.74 Å². The lowest BCUT2D eigenvalue weighted by atomic mass is 9.77. The minimum absolute atomic E-state index is 0.533. The van der Waals surface area contributed by atoms with Crippen LogP contribution in [-0.2, 0) is 4.74 Å². The molecule has 0 atom stereocenters. The van der Waals surface area contributed by atoms with Crippen LogP contribution in [0.2, 0.25) is 0 Å². The van der Waals surface area contributed by atoms with Gasteiger partial charge in [0.05, 0.1) is 12.7 Å². The van der Waals surface area contributed by atoms with E-state index < -0.39 is 0 Å². The number of allylic oxidation sites excluding steroid dienone is 2. The smallest absolute Gasteiger partial charge is 0.0575 e. The first kappa shape index (κ1) is 20.7. The van der Waals surface area contributed by atoms with Crippen LogP contribution in [0.25, 0.3) is 0 Å². The molecule has 0 aromatic rings. The van der Waals surface area contributed by atoms with Crippen molar-refractivity contribution < 1.29 is 4.74 Å². The number of ether oxygens (including phenoxy) is 1. The Kier molecular flexibility index (Phi) is 10.6. The number of hydrogen-bond donors (Lipinski definition) is 0. The zero-order chi connectivity index (χ0) is 17.7. The highest BCUT2D eigenvalue weighted by molar-refractivity contribution is 4.91. The largest absolute Gasteiger partial charge is 0.378 e. The molecule has 2 rings (SSSR count). The molecule has 0 bridgehead atoms. The Bertz CT molecular complexity index is 356. The van der Waals surface area contributed by atoms with E-state index in [4.69, 9.17) is 4.74 Å². The molecule has 0 amide bonds. The second-order valence-electron chi connectivity index (χ2n) is 8.52. The Morgan fingerprint density at radius 1 is 0.880 bits per heavy atom. The third-order valence-corrected chi connectivity index (χ3v) is 6.48. The predicted octanol–water partition coefficient (Wildman–Crippen LogP) is 7.47. The van der Waals surface area contributed by atoms with Crippen molar-refractivity contribution in [2.24, 2.45) is 17.8 Å². The second-order valence-corrected chi connectivity index (χ2v) is 8.52. The summed E-state index contributed by atoms with van der Waals surface area (Å²) in [6.07, 6.45) is 26.6. The van der Waals surface area contributed by atoms with Crippen molar-refractivity contribution in [1.29, 1.82) is 0 Å². The molecule has 2 fully saturated rings. The topological polar surface area (TPSA) is 9.23 Å². The van der Waals surface area contributed by atoms with Crippen molar-refractivity contribution in [3.63, 3.8) is 0 Å². The Morgan fingerprint density at radius 2 is 1.52 bits per heavy atom. The number of unbranched alkanes of at least 4 members (excludes halogenated alkanes) is 2. The SMILES string of the molecule is C=CCCO[C@H]1CC[C@H](CC[C@H]2CC[C@H](/C=C/CCCC)CC2)CC1. The summed E-state index contributed by atoms with van der Waals surface area (Å²) in [5.74, 6) is 2.88. The fraction of sp³-hybridized carbons (Fsp3) is 0.833. The maximum atomic E-state index is 5.95. The molecule has 0 N–H and O–H groups in total. The number of rotatable bonds is 11. The monoisotopic (exact) mass is 346 g/mol. The molecule has 2 aliphatic rings. The highest BCUT2D eigenvalue weighted by Crippen LogP contribution is 2.36. The van der Waals surface area contributed by atoms with Gasteiger partial charge in [-0.15, -0.1) is 6.58 Å². The van der Waals surface area contributed by atoms with Gasteiger partial charge in [0.1, 0.15) is 0 Å². The normalized spacial score (nSPS) is 30.6. The molecule has 144 valence electrons. The molecule has 0 saturated heterocycles. The van der Waals surface area contributed by atoms with Crippen LogP contribution in [0.4, 0.5) is 0 Å². The molecule has 0 spiro atoms. The zero-order valence-corrected chi connectivity index (χ0v) is 16.8. The first-order valence-corrected chi connectivity index (χ1v) is 11.2. The summed E-state index contributed by atoms with van der Waals surface area (Å²) in [7, 11) is 0. The van der Waals surface area contributed by atoms with Crippen LogP contribution < -0.4 is 0 Å². The molecule has 2 aliphatic carbocycles. The molecule has 0 aromatic heterocycles. The molecule has 0 aliphatic heterocycles. The summed E-state index contributed by atoms with van der Waals surface area (Å²) >= 11 is 0. The minimum atomic E-state index is 0.533. The van der Waals surface area contributed by atoms with E-state index in [1.165, 1.54) is 83.5 Å². The molecular formula is C24H42O. The van der Waals surface area contributed by atoms with Crippen LogP contribution in [-0.4, -0.2) is 12.7 Å². The summed E-state index contributed by atoms with van der Waals surface area (Å²) in [6, 6.07) is 0. The van der Waals surface area contributed by atoms with Crippen LogP contribution >= 0.6 is 0 Å². The van der Waals surface area contributed by atoms with E-state index in [2.05, 4.69) is 25.7 Å². The highest BCUT2D eigenvalue weighted by Gasteiger charge is 2.24. The first-order chi connectivity index (χ1) is 12.3. The molecular weight excluding hydrogens is 304 g/mol. The summed E-state index contributed by atoms with van der Waals surface area (Å²) in [5, 5.41) is 0. The Labute approximate surface area is 157 Å². The molecule has 0 aromatic carbocycles. The van der Waals surface area contributed by atoms with Crippen molar-refractivity contribution in [1.82, 2.24) is 0 Å². The van der Waals surface area contributed by atoms with Gasteiger partial charge in [0, 0.05) is 0 Å². The lowest BCUT2D eigenvalue weighted by Crippen LogP contribution is -2.23. The first-order valence-electron chi connectivity index (χ1n) is 11.2. The maximum Gasteiger partial charge on any atom is 0.0575 e. The summed E-state index contributed by atoms with van der Waals surface area (Å²) < 4.78 is 5.95. The van der Waals surface area contributed by atoms with Crippen molar-refractivity contribution >= 4 is 0 Å². The van der Waals surface area contributed by atoms with Gasteiger partial charge in [-0.25, -0.2) is 0 Å². The third kappa shape index (κ3) is 8.58. The van der Waals surface area contributed by atoms with Crippen LogP contribution in [0.1, 0.15) is 96.8 Å². The standard InChI is InChI=1S/C24H42O/c1-3-5-7-8-9-21-10-12-22(13-11-21)14-15-23-16-18-24(19-17-23)25-20-6-4-2/h4,8-9,21-24H,2-3,5-7,10-20H2,1H3/b9-8+/t21-,22-,23-,24-. The molecule has 1 heteroatoms. The van der Waals surface area contributed by atoms with Gasteiger partial charge in [-0.3, -0.25) is 0 Å². The van der Waals surface area contributed by atoms with E-state index in [9.17, 15) is 0 Å². The Balaban J connectivity index is 1.52. The minimum Gasteiger partial charge on any atom is -0.378 e. The maximum absolute atomic E-state index is 5.95. The van der Waals surface area contributed by atoms with Crippen LogP contribution in [0.5, 0.6) is 0 Å². The molecule has 0 heterocycles. The van der Waals surface area contributed by atoms with Crippen LogP contribution in [0.3, 0.4) is 0 Å². The quantitative estimate of drug-likeness (QED) is 0.278. The molecule has 1 nitrogen and oxygen atoms in total. The lowest BCUT2D eigenvalue weighted by molar-refractivity contribution is 0.0189. The van der Waals surface area contributed by atoms with Crippen molar-refractivity contribution in [2.45, 2.75) is 103 Å². The molecule has 0 unspecified atom stereocenters. The van der Waals surface area contributed by atoms with Crippen LogP contribution in [0, 0.1) is 17.8 Å². The van der Waals surface area contributed by atoms with E-state index in [0.717, 1.165) is 30.8 Å². The van der Waals surface area contributed by atoms with E-state index >= 15 is 0 Å². The van der Waals surface area contributed by atoms with Gasteiger partial charge >= 0.3 is 0 Å². The van der Waals surface area contributed by atoms with E-state index in [1.54, 1.807) is 0 Å². The second kappa shape index (κ2) is 12.7. The molecule has 25 heavy (non-hydrogen) atoms. The van der Waals surface area contributed by atoms with E-state index in [1.807, 2.05) is 6.08 Å². The van der Waals surface area contributed by atoms with Gasteiger partial charge in [-0.05, 0) is 82.0 Å². The van der Waals surface area contributed by atoms with Crippen molar-refractivity contribution in [3.8, 4) is 0 Å². The highest BCUT2D eigenvalue weighted by atomic mass is 16.5. The fourth-order valence-corrected chi connectivity index (χ4v) is 4.66. The van der Waals surface area contributed by atoms with E-state index in [-0.39, 0.29) is 0 Å². The van der Waals surface area contributed by atoms with Gasteiger partial charge in [-0.1, -0.05) is 50.8 Å². The third-order valence-electron chi connectivity index (χ3n) is 6.48. The van der Waals surface area contributed by atoms with E-state index in [0.29, 0.717) is 6.10 Å². The summed E-state index contributed by atoms with van der Waals surface area (Å²) in [6.45, 7) is 6.92. The zero-order valence-electron chi connectivity index (χ0n) is 16.8. The van der Waals surface area contributed by atoms with Crippen molar-refractivity contribution in [3.05, 3.63) is 24.8 Å². The van der Waals surface area contributed by atoms with Gasteiger partial charge in [0.25, 0.3) is 0 Å². The predicted molar refractivity (Wildman–Crippen MR) is 110 cm³/mol. The summed E-state index contributed by atoms with van der Waals surface area (Å²) in [4.78, 5) is 0. The average molecular weight is 347 g/mol. The van der Waals surface area contributed by atoms with Gasteiger partial charge in [0.2, 0.25) is 0 Å². The summed E-state index contributed by atoms with van der Waals surface area (Å²) in [5.41, 5.74) is 0. The lowest BCUT2D eigenvalue weighted by Gasteiger charge is -2.31. The molecule has 2 saturated carbocycles. The Morgan fingerprint density at radius 3 is 2.12 bits per heavy atom. The molecule has 0 radical (unpaired) electrons. The van der Waals surface area contributed by atoms with Gasteiger partial charge in [-0.2, -0.15) is 0 Å². The van der Waals surface area contributed by atoms with Crippen LogP contribution in [0.15, 0.2) is 24.8 Å². The van der Waals surface area contributed by atoms with Crippen molar-refractivity contribution in [2.75, 3.05) is 6.61 Å².